The van der Waals surface area contributed by atoms with Crippen LogP contribution in [0.5, 0.6) is 0 Å². The first-order valence-electron chi connectivity index (χ1n) is 13.7. The van der Waals surface area contributed by atoms with E-state index in [-0.39, 0.29) is 11.8 Å². The average molecular weight is 475 g/mol. The minimum atomic E-state index is 0.246. The summed E-state index contributed by atoms with van der Waals surface area (Å²) in [7, 11) is 0. The minimum Gasteiger partial charge on any atom is -0.0955 e. The fourth-order valence-corrected chi connectivity index (χ4v) is 6.24. The van der Waals surface area contributed by atoms with Gasteiger partial charge < -0.3 is 0 Å². The van der Waals surface area contributed by atoms with Crippen molar-refractivity contribution in [2.24, 2.45) is 5.92 Å². The molecule has 0 nitrogen and oxygen atoms in total. The van der Waals surface area contributed by atoms with Gasteiger partial charge in [0.05, 0.1) is 0 Å². The molecular weight excluding hydrogens is 432 g/mol. The minimum absolute atomic E-state index is 0.246. The zero-order valence-corrected chi connectivity index (χ0v) is 23.0. The van der Waals surface area contributed by atoms with Crippen molar-refractivity contribution < 1.29 is 0 Å². The van der Waals surface area contributed by atoms with Crippen molar-refractivity contribution in [3.05, 3.63) is 130 Å². The third kappa shape index (κ3) is 4.92. The van der Waals surface area contributed by atoms with Gasteiger partial charge in [-0.1, -0.05) is 118 Å². The predicted octanol–water partition coefficient (Wildman–Crippen LogP) is 10.2. The number of fused-ring (bicyclic) bond motifs is 1. The molecule has 2 aromatic carbocycles. The number of rotatable bonds is 8. The molecular formula is C36H42. The lowest BCUT2D eigenvalue weighted by Crippen LogP contribution is -2.21. The molecule has 0 radical (unpaired) electrons. The summed E-state index contributed by atoms with van der Waals surface area (Å²) in [6.07, 6.45) is 10.1. The molecule has 0 amide bonds. The summed E-state index contributed by atoms with van der Waals surface area (Å²) in [5, 5.41) is 0. The zero-order valence-electron chi connectivity index (χ0n) is 23.0. The average Bonchev–Trinajstić information content (AvgIpc) is 3.17. The van der Waals surface area contributed by atoms with Crippen molar-refractivity contribution in [3.63, 3.8) is 0 Å². The van der Waals surface area contributed by atoms with Gasteiger partial charge in [0.15, 0.2) is 0 Å². The number of aryl methyl sites for hydroxylation is 2. The Kier molecular flexibility index (Phi) is 7.84. The van der Waals surface area contributed by atoms with E-state index in [9.17, 15) is 0 Å². The monoisotopic (exact) mass is 474 g/mol. The number of benzene rings is 2. The SMILES string of the molecule is C=C(CCC)C1=C(C)C=C2CC(=Cc3ccc(CC)c(CC)c3)C(=C)C2C1c1cccc(C(=C)C)c1. The van der Waals surface area contributed by atoms with Crippen LogP contribution in [-0.2, 0) is 12.8 Å². The standard InChI is InChI=1S/C36H42/c1-9-13-24(6)34-25(7)18-33-22-32(20-27-16-17-28(10-2)29(11-3)19-27)26(8)35(33)36(34)31-15-12-14-30(21-31)23(4)5/h12,14-21,35-36H,4,6,8-11,13,22H2,1-3,5,7H3. The second kappa shape index (κ2) is 10.9. The van der Waals surface area contributed by atoms with Gasteiger partial charge in [-0.2, -0.15) is 0 Å². The summed E-state index contributed by atoms with van der Waals surface area (Å²) in [6.45, 7) is 24.6. The topological polar surface area (TPSA) is 0 Å². The summed E-state index contributed by atoms with van der Waals surface area (Å²) in [5.74, 6) is 0.528. The van der Waals surface area contributed by atoms with Gasteiger partial charge in [0, 0.05) is 11.8 Å². The van der Waals surface area contributed by atoms with Crippen LogP contribution >= 0.6 is 0 Å². The van der Waals surface area contributed by atoms with Gasteiger partial charge in [-0.05, 0) is 89.6 Å². The highest BCUT2D eigenvalue weighted by Gasteiger charge is 2.40. The van der Waals surface area contributed by atoms with Gasteiger partial charge in [-0.15, -0.1) is 0 Å². The van der Waals surface area contributed by atoms with Crippen molar-refractivity contribution in [1.29, 1.82) is 0 Å². The second-order valence-corrected chi connectivity index (χ2v) is 10.6. The summed E-state index contributed by atoms with van der Waals surface area (Å²) in [4.78, 5) is 0. The summed E-state index contributed by atoms with van der Waals surface area (Å²) in [5.41, 5.74) is 16.0. The maximum Gasteiger partial charge on any atom is 0.0201 e. The smallest absolute Gasteiger partial charge is 0.0201 e. The van der Waals surface area contributed by atoms with Crippen molar-refractivity contribution in [3.8, 4) is 0 Å². The van der Waals surface area contributed by atoms with E-state index in [1.165, 1.54) is 61.3 Å². The Morgan fingerprint density at radius 2 is 1.72 bits per heavy atom. The summed E-state index contributed by atoms with van der Waals surface area (Å²) < 4.78 is 0. The molecule has 0 saturated heterocycles. The van der Waals surface area contributed by atoms with Gasteiger partial charge >= 0.3 is 0 Å². The van der Waals surface area contributed by atoms with E-state index in [2.05, 4.69) is 102 Å². The Morgan fingerprint density at radius 1 is 0.972 bits per heavy atom. The first kappa shape index (κ1) is 26.0. The molecule has 2 unspecified atom stereocenters. The first-order valence-corrected chi connectivity index (χ1v) is 13.7. The highest BCUT2D eigenvalue weighted by atomic mass is 14.4. The normalized spacial score (nSPS) is 20.5. The van der Waals surface area contributed by atoms with Crippen LogP contribution in [0.25, 0.3) is 11.6 Å². The molecule has 0 heterocycles. The molecule has 0 spiro atoms. The van der Waals surface area contributed by atoms with E-state index in [1.807, 2.05) is 0 Å². The van der Waals surface area contributed by atoms with Crippen LogP contribution in [0.3, 0.4) is 0 Å². The zero-order chi connectivity index (χ0) is 26.0. The van der Waals surface area contributed by atoms with Crippen LogP contribution in [0.1, 0.15) is 87.6 Å². The van der Waals surface area contributed by atoms with Crippen LogP contribution in [-0.4, -0.2) is 0 Å². The lowest BCUT2D eigenvalue weighted by Gasteiger charge is -2.35. The lowest BCUT2D eigenvalue weighted by atomic mass is 9.69. The maximum atomic E-state index is 4.71. The molecule has 0 heteroatoms. The molecule has 2 aliphatic rings. The third-order valence-corrected chi connectivity index (χ3v) is 8.06. The molecule has 36 heavy (non-hydrogen) atoms. The Bertz CT molecular complexity index is 1300. The first-order chi connectivity index (χ1) is 17.3. The van der Waals surface area contributed by atoms with Crippen molar-refractivity contribution >= 4 is 11.6 Å². The molecule has 2 atom stereocenters. The van der Waals surface area contributed by atoms with Gasteiger partial charge in [0.25, 0.3) is 0 Å². The summed E-state index contributed by atoms with van der Waals surface area (Å²) in [6, 6.07) is 15.9. The van der Waals surface area contributed by atoms with E-state index in [1.54, 1.807) is 0 Å². The molecule has 1 fully saturated rings. The fraction of sp³-hybridized carbons (Fsp3) is 0.333. The van der Waals surface area contributed by atoms with Crippen molar-refractivity contribution in [2.75, 3.05) is 0 Å². The van der Waals surface area contributed by atoms with Crippen LogP contribution in [0.2, 0.25) is 0 Å². The highest BCUT2D eigenvalue weighted by molar-refractivity contribution is 5.69. The van der Waals surface area contributed by atoms with Crippen LogP contribution in [0.15, 0.2) is 102 Å². The van der Waals surface area contributed by atoms with Crippen LogP contribution in [0, 0.1) is 5.92 Å². The van der Waals surface area contributed by atoms with Crippen molar-refractivity contribution in [1.82, 2.24) is 0 Å². The Labute approximate surface area is 219 Å². The van der Waals surface area contributed by atoms with E-state index in [4.69, 9.17) is 6.58 Å². The molecule has 0 aromatic heterocycles. The van der Waals surface area contributed by atoms with Gasteiger partial charge in [-0.3, -0.25) is 0 Å². The number of hydrogen-bond acceptors (Lipinski definition) is 0. The third-order valence-electron chi connectivity index (χ3n) is 8.06. The molecule has 4 rings (SSSR count). The van der Waals surface area contributed by atoms with E-state index < -0.39 is 0 Å². The van der Waals surface area contributed by atoms with E-state index >= 15 is 0 Å². The van der Waals surface area contributed by atoms with Crippen molar-refractivity contribution in [2.45, 2.75) is 72.6 Å². The quantitative estimate of drug-likeness (QED) is 0.357. The van der Waals surface area contributed by atoms with Gasteiger partial charge in [0.2, 0.25) is 0 Å². The Hall–Kier alpha value is -3.12. The van der Waals surface area contributed by atoms with E-state index in [0.717, 1.165) is 37.7 Å². The number of allylic oxidation sites excluding steroid dienone is 8. The molecule has 2 aromatic rings. The van der Waals surface area contributed by atoms with E-state index in [0.29, 0.717) is 0 Å². The Morgan fingerprint density at radius 3 is 2.39 bits per heavy atom. The molecule has 2 aliphatic carbocycles. The summed E-state index contributed by atoms with van der Waals surface area (Å²) >= 11 is 0. The molecule has 0 N–H and O–H groups in total. The molecule has 186 valence electrons. The second-order valence-electron chi connectivity index (χ2n) is 10.6. The lowest BCUT2D eigenvalue weighted by molar-refractivity contribution is 0.619. The molecule has 0 aliphatic heterocycles. The maximum absolute atomic E-state index is 4.71. The fourth-order valence-electron chi connectivity index (χ4n) is 6.24. The predicted molar refractivity (Wildman–Crippen MR) is 159 cm³/mol. The Balaban J connectivity index is 1.80. The molecule has 1 saturated carbocycles. The van der Waals surface area contributed by atoms with Crippen LogP contribution in [0.4, 0.5) is 0 Å². The van der Waals surface area contributed by atoms with Gasteiger partial charge in [-0.25, -0.2) is 0 Å². The number of hydrogen-bond donors (Lipinski definition) is 0. The van der Waals surface area contributed by atoms with Gasteiger partial charge in [0.1, 0.15) is 0 Å². The highest BCUT2D eigenvalue weighted by Crippen LogP contribution is 2.55. The largest absolute Gasteiger partial charge is 0.0955 e. The molecule has 0 bridgehead atoms. The van der Waals surface area contributed by atoms with Crippen LogP contribution < -0.4 is 0 Å².